The zero-order chi connectivity index (χ0) is 19.4. The zero-order valence-corrected chi connectivity index (χ0v) is 17.4. The van der Waals surface area contributed by atoms with E-state index >= 15 is 0 Å². The number of nitrogens with one attached hydrogen (secondary N) is 2. The van der Waals surface area contributed by atoms with Crippen LogP contribution in [0.2, 0.25) is 0 Å². The summed E-state index contributed by atoms with van der Waals surface area (Å²) in [5.74, 6) is 0.169. The Hall–Kier alpha value is -1.53. The zero-order valence-electron chi connectivity index (χ0n) is 14.2. The molecule has 0 aliphatic rings. The van der Waals surface area contributed by atoms with Crippen molar-refractivity contribution in [1.29, 1.82) is 0 Å². The molecule has 11 heteroatoms. The van der Waals surface area contributed by atoms with Gasteiger partial charge in [-0.25, -0.2) is 21.8 Å². The third-order valence-electron chi connectivity index (χ3n) is 3.50. The van der Waals surface area contributed by atoms with Gasteiger partial charge in [-0.2, -0.15) is 4.31 Å². The topological polar surface area (TPSA) is 108 Å². The second-order valence-corrected chi connectivity index (χ2v) is 9.69. The number of aromatic nitrogens is 1. The van der Waals surface area contributed by atoms with Gasteiger partial charge in [-0.1, -0.05) is 35.8 Å². The molecule has 0 bridgehead atoms. The Labute approximate surface area is 161 Å². The van der Waals surface area contributed by atoms with E-state index in [2.05, 4.69) is 31.2 Å². The lowest BCUT2D eigenvalue weighted by Crippen LogP contribution is -2.31. The maximum atomic E-state index is 12.4. The van der Waals surface area contributed by atoms with Crippen molar-refractivity contribution in [2.75, 3.05) is 18.5 Å². The van der Waals surface area contributed by atoms with E-state index in [1.165, 1.54) is 34.8 Å². The standard InChI is InChI=1S/C15H19BrN4O4S2/c1-3-20(4-2)26(23,24)14-8-9-15(17-11-14)18-19-25(21,22)13-7-5-6-12(16)10-13/h5-11,19H,3-4H2,1-2H3,(H,17,18). The van der Waals surface area contributed by atoms with E-state index < -0.39 is 20.0 Å². The van der Waals surface area contributed by atoms with Crippen molar-refractivity contribution >= 4 is 41.8 Å². The summed E-state index contributed by atoms with van der Waals surface area (Å²) in [6.45, 7) is 4.21. The molecule has 0 saturated carbocycles. The summed E-state index contributed by atoms with van der Waals surface area (Å²) in [4.78, 5) is 6.27. The van der Waals surface area contributed by atoms with E-state index in [0.717, 1.165) is 0 Å². The van der Waals surface area contributed by atoms with E-state index in [0.29, 0.717) is 17.6 Å². The van der Waals surface area contributed by atoms with Crippen molar-refractivity contribution in [1.82, 2.24) is 14.1 Å². The SMILES string of the molecule is CCN(CC)S(=O)(=O)c1ccc(NNS(=O)(=O)c2cccc(Br)c2)nc1. The minimum absolute atomic E-state index is 0.0431. The number of halogens is 1. The quantitative estimate of drug-likeness (QED) is 0.581. The van der Waals surface area contributed by atoms with Gasteiger partial charge in [0, 0.05) is 23.8 Å². The number of hydrogen-bond acceptors (Lipinski definition) is 6. The van der Waals surface area contributed by atoms with E-state index in [1.54, 1.807) is 26.0 Å². The molecule has 2 rings (SSSR count). The Morgan fingerprint density at radius 1 is 1.04 bits per heavy atom. The highest BCUT2D eigenvalue weighted by molar-refractivity contribution is 9.10. The van der Waals surface area contributed by atoms with Gasteiger partial charge in [-0.3, -0.25) is 5.43 Å². The summed E-state index contributed by atoms with van der Waals surface area (Å²) in [6.07, 6.45) is 1.18. The summed E-state index contributed by atoms with van der Waals surface area (Å²) in [5.41, 5.74) is 2.47. The smallest absolute Gasteiger partial charge is 0.257 e. The van der Waals surface area contributed by atoms with Crippen LogP contribution in [0, 0.1) is 0 Å². The van der Waals surface area contributed by atoms with Gasteiger partial charge in [-0.15, -0.1) is 4.83 Å². The highest BCUT2D eigenvalue weighted by atomic mass is 79.9. The van der Waals surface area contributed by atoms with E-state index in [1.807, 2.05) is 0 Å². The molecule has 0 fully saturated rings. The van der Waals surface area contributed by atoms with Gasteiger partial charge in [0.15, 0.2) is 0 Å². The molecule has 2 aromatic rings. The summed E-state index contributed by atoms with van der Waals surface area (Å²) in [7, 11) is -7.41. The fourth-order valence-corrected chi connectivity index (χ4v) is 4.98. The number of benzene rings is 1. The molecule has 0 unspecified atom stereocenters. The van der Waals surface area contributed by atoms with E-state index in [4.69, 9.17) is 0 Å². The molecule has 0 atom stereocenters. The second-order valence-electron chi connectivity index (χ2n) is 5.16. The molecule has 1 heterocycles. The van der Waals surface area contributed by atoms with Crippen molar-refractivity contribution in [2.45, 2.75) is 23.6 Å². The number of hydrogen-bond donors (Lipinski definition) is 2. The van der Waals surface area contributed by atoms with Gasteiger partial charge >= 0.3 is 0 Å². The fourth-order valence-electron chi connectivity index (χ4n) is 2.13. The Kier molecular flexibility index (Phi) is 6.74. The first kappa shape index (κ1) is 20.8. The second kappa shape index (κ2) is 8.44. The highest BCUT2D eigenvalue weighted by Crippen LogP contribution is 2.17. The predicted octanol–water partition coefficient (Wildman–Crippen LogP) is 2.18. The van der Waals surface area contributed by atoms with E-state index in [9.17, 15) is 16.8 Å². The molecule has 1 aromatic heterocycles. The van der Waals surface area contributed by atoms with Crippen LogP contribution in [-0.2, 0) is 20.0 Å². The van der Waals surface area contributed by atoms with Gasteiger partial charge in [0.05, 0.1) is 4.90 Å². The van der Waals surface area contributed by atoms with Crippen LogP contribution >= 0.6 is 15.9 Å². The molecular weight excluding hydrogens is 444 g/mol. The predicted molar refractivity (Wildman–Crippen MR) is 102 cm³/mol. The third-order valence-corrected chi connectivity index (χ3v) is 7.27. The number of anilines is 1. The molecule has 0 spiro atoms. The van der Waals surface area contributed by atoms with Gasteiger partial charge in [0.1, 0.15) is 10.7 Å². The lowest BCUT2D eigenvalue weighted by atomic mass is 10.4. The minimum atomic E-state index is -3.80. The fraction of sp³-hybridized carbons (Fsp3) is 0.267. The van der Waals surface area contributed by atoms with Gasteiger partial charge in [-0.05, 0) is 30.3 Å². The maximum absolute atomic E-state index is 12.4. The summed E-state index contributed by atoms with van der Waals surface area (Å²) < 4.78 is 51.2. The van der Waals surface area contributed by atoms with Crippen LogP contribution < -0.4 is 10.3 Å². The average Bonchev–Trinajstić information content (AvgIpc) is 2.61. The number of pyridine rings is 1. The van der Waals surface area contributed by atoms with E-state index in [-0.39, 0.29) is 15.6 Å². The normalized spacial score (nSPS) is 12.3. The Morgan fingerprint density at radius 3 is 2.27 bits per heavy atom. The van der Waals surface area contributed by atoms with Crippen molar-refractivity contribution < 1.29 is 16.8 Å². The van der Waals surface area contributed by atoms with Crippen molar-refractivity contribution in [3.63, 3.8) is 0 Å². The molecule has 142 valence electrons. The molecule has 8 nitrogen and oxygen atoms in total. The van der Waals surface area contributed by atoms with Crippen LogP contribution in [0.1, 0.15) is 13.8 Å². The first-order valence-corrected chi connectivity index (χ1v) is 11.4. The van der Waals surface area contributed by atoms with Crippen LogP contribution in [0.4, 0.5) is 5.82 Å². The largest absolute Gasteiger partial charge is 0.292 e. The van der Waals surface area contributed by atoms with Crippen LogP contribution in [0.5, 0.6) is 0 Å². The van der Waals surface area contributed by atoms with Crippen LogP contribution in [0.25, 0.3) is 0 Å². The summed E-state index contributed by atoms with van der Waals surface area (Å²) in [5, 5.41) is 0. The van der Waals surface area contributed by atoms with Crippen LogP contribution in [0.15, 0.2) is 56.9 Å². The minimum Gasteiger partial charge on any atom is -0.292 e. The number of rotatable bonds is 8. The Bertz CT molecular complexity index is 959. The molecule has 2 N–H and O–H groups in total. The molecule has 1 aromatic carbocycles. The first-order chi connectivity index (χ1) is 12.2. The number of nitrogens with zero attached hydrogens (tertiary/aromatic N) is 2. The molecule has 0 aliphatic heterocycles. The average molecular weight is 463 g/mol. The highest BCUT2D eigenvalue weighted by Gasteiger charge is 2.22. The molecule has 0 radical (unpaired) electrons. The lowest BCUT2D eigenvalue weighted by Gasteiger charge is -2.18. The molecular formula is C15H19BrN4O4S2. The van der Waals surface area contributed by atoms with Crippen molar-refractivity contribution in [3.8, 4) is 0 Å². The number of hydrazine groups is 1. The summed E-state index contributed by atoms with van der Waals surface area (Å²) in [6, 6.07) is 8.97. The molecule has 0 amide bonds. The van der Waals surface area contributed by atoms with Gasteiger partial charge in [0.25, 0.3) is 10.0 Å². The molecule has 26 heavy (non-hydrogen) atoms. The first-order valence-electron chi connectivity index (χ1n) is 7.70. The van der Waals surface area contributed by atoms with Gasteiger partial charge in [0.2, 0.25) is 10.0 Å². The molecule has 0 saturated heterocycles. The Balaban J connectivity index is 2.13. The number of sulfonamides is 2. The van der Waals surface area contributed by atoms with Crippen LogP contribution in [0.3, 0.4) is 0 Å². The Morgan fingerprint density at radius 2 is 1.73 bits per heavy atom. The third kappa shape index (κ3) is 4.80. The van der Waals surface area contributed by atoms with Crippen LogP contribution in [-0.4, -0.2) is 39.2 Å². The maximum Gasteiger partial charge on any atom is 0.257 e. The lowest BCUT2D eigenvalue weighted by molar-refractivity contribution is 0.445. The van der Waals surface area contributed by atoms with Gasteiger partial charge < -0.3 is 0 Å². The van der Waals surface area contributed by atoms with Crippen molar-refractivity contribution in [2.24, 2.45) is 0 Å². The summed E-state index contributed by atoms with van der Waals surface area (Å²) >= 11 is 3.21. The van der Waals surface area contributed by atoms with Crippen molar-refractivity contribution in [3.05, 3.63) is 47.1 Å². The monoisotopic (exact) mass is 462 g/mol. The molecule has 0 aliphatic carbocycles.